The van der Waals surface area contributed by atoms with Crippen molar-refractivity contribution < 1.29 is 23.1 Å². The van der Waals surface area contributed by atoms with E-state index < -0.39 is 23.5 Å². The van der Waals surface area contributed by atoms with Crippen molar-refractivity contribution in [2.24, 2.45) is 0 Å². The van der Waals surface area contributed by atoms with E-state index in [1.54, 1.807) is 17.9 Å². The Morgan fingerprint density at radius 1 is 1.17 bits per heavy atom. The third kappa shape index (κ3) is 4.52. The predicted octanol–water partition coefficient (Wildman–Crippen LogP) is 4.11. The number of carbonyl (C=O) groups excluding carboxylic acids is 2. The van der Waals surface area contributed by atoms with Gasteiger partial charge in [0.1, 0.15) is 11.6 Å². The lowest BCUT2D eigenvalue weighted by Gasteiger charge is -2.34. The first-order valence-electron chi connectivity index (χ1n) is 10.1. The van der Waals surface area contributed by atoms with Crippen LogP contribution in [0, 0.1) is 11.6 Å². The number of piperidine rings is 1. The summed E-state index contributed by atoms with van der Waals surface area (Å²) in [6, 6.07) is 4.75. The SMILES string of the molecule is CCOC(=O)c1cc(C(C)(C)C)n(C2CCN(C(=O)c3ccc(F)cc3F)CC2)n1. The van der Waals surface area contributed by atoms with Gasteiger partial charge in [-0.05, 0) is 38.0 Å². The van der Waals surface area contributed by atoms with E-state index in [0.29, 0.717) is 25.9 Å². The molecule has 0 unspecified atom stereocenters. The Kier molecular flexibility index (Phi) is 6.24. The Balaban J connectivity index is 1.77. The van der Waals surface area contributed by atoms with Gasteiger partial charge in [0.05, 0.1) is 18.2 Å². The lowest BCUT2D eigenvalue weighted by molar-refractivity contribution is 0.0517. The van der Waals surface area contributed by atoms with E-state index in [1.165, 1.54) is 6.07 Å². The average molecular weight is 419 g/mol. The molecular formula is C22H27F2N3O3. The Labute approximate surface area is 174 Å². The molecule has 1 aromatic heterocycles. The average Bonchev–Trinajstić information content (AvgIpc) is 3.14. The first-order valence-corrected chi connectivity index (χ1v) is 10.1. The second-order valence-corrected chi connectivity index (χ2v) is 8.48. The smallest absolute Gasteiger partial charge is 0.358 e. The second-order valence-electron chi connectivity index (χ2n) is 8.48. The molecule has 0 N–H and O–H groups in total. The summed E-state index contributed by atoms with van der Waals surface area (Å²) in [5.74, 6) is -2.48. The van der Waals surface area contributed by atoms with Gasteiger partial charge in [-0.2, -0.15) is 5.10 Å². The number of ether oxygens (including phenoxy) is 1. The molecule has 1 fully saturated rings. The molecule has 1 amide bonds. The molecule has 3 rings (SSSR count). The number of hydrogen-bond acceptors (Lipinski definition) is 4. The maximum absolute atomic E-state index is 14.0. The Bertz CT molecular complexity index is 942. The third-order valence-corrected chi connectivity index (χ3v) is 5.25. The molecular weight excluding hydrogens is 392 g/mol. The largest absolute Gasteiger partial charge is 0.461 e. The van der Waals surface area contributed by atoms with E-state index in [1.807, 2.05) is 25.5 Å². The zero-order valence-corrected chi connectivity index (χ0v) is 17.7. The van der Waals surface area contributed by atoms with Crippen molar-refractivity contribution in [1.82, 2.24) is 14.7 Å². The summed E-state index contributed by atoms with van der Waals surface area (Å²) >= 11 is 0. The van der Waals surface area contributed by atoms with Crippen molar-refractivity contribution in [2.45, 2.75) is 52.0 Å². The van der Waals surface area contributed by atoms with Gasteiger partial charge in [0, 0.05) is 30.3 Å². The van der Waals surface area contributed by atoms with Crippen LogP contribution in [0.1, 0.15) is 73.1 Å². The normalized spacial score (nSPS) is 15.3. The van der Waals surface area contributed by atoms with E-state index in [9.17, 15) is 18.4 Å². The standard InChI is InChI=1S/C22H27F2N3O3/c1-5-30-21(29)18-13-19(22(2,3)4)27(25-18)15-8-10-26(11-9-15)20(28)16-7-6-14(23)12-17(16)24/h6-7,12-13,15H,5,8-11H2,1-4H3. The fraction of sp³-hybridized carbons (Fsp3) is 0.500. The number of aromatic nitrogens is 2. The molecule has 2 aromatic rings. The molecule has 1 aromatic carbocycles. The van der Waals surface area contributed by atoms with Gasteiger partial charge >= 0.3 is 5.97 Å². The number of benzene rings is 1. The summed E-state index contributed by atoms with van der Waals surface area (Å²) in [7, 11) is 0. The molecule has 8 heteroatoms. The van der Waals surface area contributed by atoms with Crippen LogP contribution in [0.15, 0.2) is 24.3 Å². The van der Waals surface area contributed by atoms with Crippen molar-refractivity contribution in [3.8, 4) is 0 Å². The van der Waals surface area contributed by atoms with Gasteiger partial charge in [-0.25, -0.2) is 13.6 Å². The predicted molar refractivity (Wildman–Crippen MR) is 107 cm³/mol. The lowest BCUT2D eigenvalue weighted by Crippen LogP contribution is -2.40. The van der Waals surface area contributed by atoms with Gasteiger partial charge in [0.15, 0.2) is 5.69 Å². The minimum atomic E-state index is -0.858. The summed E-state index contributed by atoms with van der Waals surface area (Å²) in [5, 5.41) is 4.51. The highest BCUT2D eigenvalue weighted by molar-refractivity contribution is 5.94. The van der Waals surface area contributed by atoms with Crippen LogP contribution >= 0.6 is 0 Å². The summed E-state index contributed by atoms with van der Waals surface area (Å²) in [6.45, 7) is 8.99. The Morgan fingerprint density at radius 3 is 2.40 bits per heavy atom. The molecule has 0 aliphatic carbocycles. The van der Waals surface area contributed by atoms with Crippen LogP contribution in [0.5, 0.6) is 0 Å². The minimum Gasteiger partial charge on any atom is -0.461 e. The number of halogens is 2. The number of carbonyl (C=O) groups is 2. The maximum Gasteiger partial charge on any atom is 0.358 e. The fourth-order valence-corrected chi connectivity index (χ4v) is 3.68. The number of amides is 1. The van der Waals surface area contributed by atoms with E-state index >= 15 is 0 Å². The van der Waals surface area contributed by atoms with E-state index in [4.69, 9.17) is 4.74 Å². The fourth-order valence-electron chi connectivity index (χ4n) is 3.68. The molecule has 2 heterocycles. The number of nitrogens with zero attached hydrogens (tertiary/aromatic N) is 3. The van der Waals surface area contributed by atoms with Crippen LogP contribution in [-0.2, 0) is 10.2 Å². The summed E-state index contributed by atoms with van der Waals surface area (Å²) in [5.41, 5.74) is 0.824. The molecule has 0 atom stereocenters. The quantitative estimate of drug-likeness (QED) is 0.700. The summed E-state index contributed by atoms with van der Waals surface area (Å²) < 4.78 is 34.1. The lowest BCUT2D eigenvalue weighted by atomic mass is 9.91. The van der Waals surface area contributed by atoms with Gasteiger partial charge in [-0.3, -0.25) is 9.48 Å². The van der Waals surface area contributed by atoms with Crippen molar-refractivity contribution in [3.63, 3.8) is 0 Å². The van der Waals surface area contributed by atoms with Crippen LogP contribution in [-0.4, -0.2) is 46.3 Å². The van der Waals surface area contributed by atoms with Crippen LogP contribution < -0.4 is 0 Å². The third-order valence-electron chi connectivity index (χ3n) is 5.25. The van der Waals surface area contributed by atoms with Gasteiger partial charge in [-0.1, -0.05) is 20.8 Å². The van der Waals surface area contributed by atoms with Gasteiger partial charge in [0.2, 0.25) is 0 Å². The van der Waals surface area contributed by atoms with Gasteiger partial charge in [-0.15, -0.1) is 0 Å². The van der Waals surface area contributed by atoms with Crippen molar-refractivity contribution in [2.75, 3.05) is 19.7 Å². The number of esters is 1. The monoisotopic (exact) mass is 419 g/mol. The second kappa shape index (κ2) is 8.53. The maximum atomic E-state index is 14.0. The molecule has 1 aliphatic heterocycles. The molecule has 1 saturated heterocycles. The van der Waals surface area contributed by atoms with Gasteiger partial charge < -0.3 is 9.64 Å². The molecule has 0 bridgehead atoms. The molecule has 162 valence electrons. The van der Waals surface area contributed by atoms with E-state index in [2.05, 4.69) is 5.10 Å². The highest BCUT2D eigenvalue weighted by Crippen LogP contribution is 2.31. The molecule has 6 nitrogen and oxygen atoms in total. The van der Waals surface area contributed by atoms with Crippen LogP contribution in [0.4, 0.5) is 8.78 Å². The molecule has 0 saturated carbocycles. The highest BCUT2D eigenvalue weighted by Gasteiger charge is 2.31. The highest BCUT2D eigenvalue weighted by atomic mass is 19.1. The first-order chi connectivity index (χ1) is 14.1. The minimum absolute atomic E-state index is 0.00418. The van der Waals surface area contributed by atoms with Crippen molar-refractivity contribution >= 4 is 11.9 Å². The molecule has 0 spiro atoms. The molecule has 30 heavy (non-hydrogen) atoms. The van der Waals surface area contributed by atoms with Gasteiger partial charge in [0.25, 0.3) is 5.91 Å². The zero-order valence-electron chi connectivity index (χ0n) is 17.7. The molecule has 0 radical (unpaired) electrons. The Hall–Kier alpha value is -2.77. The summed E-state index contributed by atoms with van der Waals surface area (Å²) in [6.07, 6.45) is 1.23. The van der Waals surface area contributed by atoms with E-state index in [-0.39, 0.29) is 29.3 Å². The van der Waals surface area contributed by atoms with Crippen molar-refractivity contribution in [1.29, 1.82) is 0 Å². The Morgan fingerprint density at radius 2 is 1.83 bits per heavy atom. The number of rotatable bonds is 4. The van der Waals surface area contributed by atoms with Crippen LogP contribution in [0.25, 0.3) is 0 Å². The van der Waals surface area contributed by atoms with E-state index in [0.717, 1.165) is 17.8 Å². The summed E-state index contributed by atoms with van der Waals surface area (Å²) in [4.78, 5) is 26.4. The zero-order chi connectivity index (χ0) is 22.1. The first kappa shape index (κ1) is 21.9. The van der Waals surface area contributed by atoms with Crippen molar-refractivity contribution in [3.05, 3.63) is 52.9 Å². The topological polar surface area (TPSA) is 64.4 Å². The van der Waals surface area contributed by atoms with Crippen LogP contribution in [0.2, 0.25) is 0 Å². The van der Waals surface area contributed by atoms with Crippen LogP contribution in [0.3, 0.4) is 0 Å². The number of likely N-dealkylation sites (tertiary alicyclic amines) is 1. The molecule has 1 aliphatic rings. The number of hydrogen-bond donors (Lipinski definition) is 0.